The van der Waals surface area contributed by atoms with Gasteiger partial charge in [0.2, 0.25) is 5.91 Å². The van der Waals surface area contributed by atoms with Crippen LogP contribution < -0.4 is 5.32 Å². The first-order valence-electron chi connectivity index (χ1n) is 3.70. The average molecular weight is 196 g/mol. The minimum absolute atomic E-state index is 0.00191. The number of nitrogens with one attached hydrogen (secondary N) is 1. The molecule has 0 atom stereocenters. The molecule has 0 aromatic carbocycles. The van der Waals surface area contributed by atoms with Gasteiger partial charge in [0.1, 0.15) is 5.88 Å². The van der Waals surface area contributed by atoms with E-state index >= 15 is 0 Å². The smallest absolute Gasteiger partial charge is 0.235 e. The fourth-order valence-electron chi connectivity index (χ4n) is 0.554. The number of ether oxygens (including phenoxy) is 2. The zero-order valence-electron chi connectivity index (χ0n) is 7.14. The molecule has 12 heavy (non-hydrogen) atoms. The number of rotatable bonds is 7. The van der Waals surface area contributed by atoms with Crippen LogP contribution in [-0.4, -0.2) is 45.3 Å². The Labute approximate surface area is 77.2 Å². The Bertz CT molecular complexity index is 121. The normalized spacial score (nSPS) is 9.83. The molecule has 5 heteroatoms. The number of alkyl halides is 1. The maximum atomic E-state index is 10.6. The maximum absolute atomic E-state index is 10.6. The van der Waals surface area contributed by atoms with Crippen LogP contribution in [0.25, 0.3) is 0 Å². The monoisotopic (exact) mass is 195 g/mol. The molecule has 0 bridgehead atoms. The van der Waals surface area contributed by atoms with Gasteiger partial charge in [-0.2, -0.15) is 0 Å². The molecular formula is C7H14ClNO3. The summed E-state index contributed by atoms with van der Waals surface area (Å²) in [4.78, 5) is 10.6. The third kappa shape index (κ3) is 7.78. The summed E-state index contributed by atoms with van der Waals surface area (Å²) in [7, 11) is 1.61. The lowest BCUT2D eigenvalue weighted by Gasteiger charge is -2.03. The van der Waals surface area contributed by atoms with Crippen LogP contribution in [0.15, 0.2) is 0 Å². The van der Waals surface area contributed by atoms with Crippen molar-refractivity contribution in [2.24, 2.45) is 0 Å². The van der Waals surface area contributed by atoms with Gasteiger partial charge in [-0.1, -0.05) is 0 Å². The topological polar surface area (TPSA) is 47.6 Å². The van der Waals surface area contributed by atoms with Crippen LogP contribution in [-0.2, 0) is 14.3 Å². The Morgan fingerprint density at radius 3 is 2.75 bits per heavy atom. The molecule has 0 radical (unpaired) electrons. The minimum Gasteiger partial charge on any atom is -0.382 e. The Balaban J connectivity index is 2.95. The Morgan fingerprint density at radius 2 is 2.17 bits per heavy atom. The predicted octanol–water partition coefficient (Wildman–Crippen LogP) is 0.00440. The van der Waals surface area contributed by atoms with E-state index in [1.807, 2.05) is 0 Å². The zero-order valence-corrected chi connectivity index (χ0v) is 7.89. The van der Waals surface area contributed by atoms with Gasteiger partial charge in [-0.25, -0.2) is 0 Å². The van der Waals surface area contributed by atoms with E-state index in [-0.39, 0.29) is 11.8 Å². The number of methoxy groups -OCH3 is 1. The molecule has 0 saturated heterocycles. The summed E-state index contributed by atoms with van der Waals surface area (Å²) in [5.74, 6) is -0.176. The third-order valence-electron chi connectivity index (χ3n) is 1.12. The Morgan fingerprint density at radius 1 is 1.42 bits per heavy atom. The first-order chi connectivity index (χ1) is 5.81. The molecule has 0 fully saturated rings. The second-order valence-electron chi connectivity index (χ2n) is 2.09. The van der Waals surface area contributed by atoms with Crippen molar-refractivity contribution in [2.75, 3.05) is 39.4 Å². The molecule has 0 aliphatic rings. The summed E-state index contributed by atoms with van der Waals surface area (Å²) in [6, 6.07) is 0. The van der Waals surface area contributed by atoms with Gasteiger partial charge >= 0.3 is 0 Å². The Kier molecular flexibility index (Phi) is 8.54. The van der Waals surface area contributed by atoms with Gasteiger partial charge in [0, 0.05) is 13.7 Å². The summed E-state index contributed by atoms with van der Waals surface area (Å²) in [5, 5.41) is 2.57. The lowest BCUT2D eigenvalue weighted by Crippen LogP contribution is -2.28. The van der Waals surface area contributed by atoms with Crippen LogP contribution in [0.3, 0.4) is 0 Å². The third-order valence-corrected chi connectivity index (χ3v) is 1.36. The van der Waals surface area contributed by atoms with E-state index in [9.17, 15) is 4.79 Å². The van der Waals surface area contributed by atoms with Crippen molar-refractivity contribution in [3.05, 3.63) is 0 Å². The van der Waals surface area contributed by atoms with E-state index < -0.39 is 0 Å². The summed E-state index contributed by atoms with van der Waals surface area (Å²) >= 11 is 5.24. The molecule has 0 spiro atoms. The molecule has 0 aliphatic carbocycles. The highest BCUT2D eigenvalue weighted by atomic mass is 35.5. The molecule has 0 saturated carbocycles. The lowest BCUT2D eigenvalue weighted by atomic mass is 10.6. The number of hydrogen-bond donors (Lipinski definition) is 1. The standard InChI is InChI=1S/C7H14ClNO3/c1-11-4-5-12-3-2-9-7(10)6-8/h2-6H2,1H3,(H,9,10). The molecule has 0 aromatic heterocycles. The van der Waals surface area contributed by atoms with Gasteiger partial charge < -0.3 is 14.8 Å². The molecule has 4 nitrogen and oxygen atoms in total. The van der Waals surface area contributed by atoms with Crippen LogP contribution in [0.2, 0.25) is 0 Å². The summed E-state index contributed by atoms with van der Waals surface area (Å²) in [5.41, 5.74) is 0. The minimum atomic E-state index is -0.174. The second-order valence-corrected chi connectivity index (χ2v) is 2.36. The fraction of sp³-hybridized carbons (Fsp3) is 0.857. The molecule has 0 rings (SSSR count). The van der Waals surface area contributed by atoms with Crippen molar-refractivity contribution in [3.8, 4) is 0 Å². The van der Waals surface area contributed by atoms with Gasteiger partial charge in [0.15, 0.2) is 0 Å². The van der Waals surface area contributed by atoms with Crippen molar-refractivity contribution in [3.63, 3.8) is 0 Å². The SMILES string of the molecule is COCCOCCNC(=O)CCl. The van der Waals surface area contributed by atoms with Gasteiger partial charge in [-0.15, -0.1) is 11.6 Å². The number of halogens is 1. The predicted molar refractivity (Wildman–Crippen MR) is 46.4 cm³/mol. The van der Waals surface area contributed by atoms with E-state index in [1.165, 1.54) is 0 Å². The van der Waals surface area contributed by atoms with Crippen molar-refractivity contribution in [2.45, 2.75) is 0 Å². The van der Waals surface area contributed by atoms with Gasteiger partial charge in [-0.3, -0.25) is 4.79 Å². The average Bonchev–Trinajstić information content (AvgIpc) is 2.10. The fourth-order valence-corrected chi connectivity index (χ4v) is 0.649. The first kappa shape index (κ1) is 11.7. The molecule has 0 unspecified atom stereocenters. The van der Waals surface area contributed by atoms with Crippen LogP contribution in [0.1, 0.15) is 0 Å². The molecule has 0 aliphatic heterocycles. The van der Waals surface area contributed by atoms with E-state index in [0.29, 0.717) is 26.4 Å². The molecule has 1 N–H and O–H groups in total. The van der Waals surface area contributed by atoms with Gasteiger partial charge in [-0.05, 0) is 0 Å². The first-order valence-corrected chi connectivity index (χ1v) is 4.24. The van der Waals surface area contributed by atoms with Crippen LogP contribution in [0, 0.1) is 0 Å². The summed E-state index contributed by atoms with van der Waals surface area (Å²) < 4.78 is 9.84. The zero-order chi connectivity index (χ0) is 9.23. The summed E-state index contributed by atoms with van der Waals surface area (Å²) in [6.45, 7) is 2.11. The molecular weight excluding hydrogens is 182 g/mol. The maximum Gasteiger partial charge on any atom is 0.235 e. The van der Waals surface area contributed by atoms with Crippen LogP contribution >= 0.6 is 11.6 Å². The van der Waals surface area contributed by atoms with E-state index in [1.54, 1.807) is 7.11 Å². The number of carbonyl (C=O) groups excluding carboxylic acids is 1. The van der Waals surface area contributed by atoms with E-state index in [2.05, 4.69) is 5.32 Å². The largest absolute Gasteiger partial charge is 0.382 e. The second kappa shape index (κ2) is 8.77. The van der Waals surface area contributed by atoms with Crippen molar-refractivity contribution < 1.29 is 14.3 Å². The highest BCUT2D eigenvalue weighted by Gasteiger charge is 1.95. The lowest BCUT2D eigenvalue weighted by molar-refractivity contribution is -0.118. The van der Waals surface area contributed by atoms with E-state index in [0.717, 1.165) is 0 Å². The van der Waals surface area contributed by atoms with Crippen LogP contribution in [0.5, 0.6) is 0 Å². The van der Waals surface area contributed by atoms with Crippen LogP contribution in [0.4, 0.5) is 0 Å². The van der Waals surface area contributed by atoms with Crippen molar-refractivity contribution in [1.29, 1.82) is 0 Å². The molecule has 0 aromatic rings. The highest BCUT2D eigenvalue weighted by Crippen LogP contribution is 1.76. The number of amides is 1. The van der Waals surface area contributed by atoms with Crippen molar-refractivity contribution in [1.82, 2.24) is 5.32 Å². The number of carbonyl (C=O) groups is 1. The highest BCUT2D eigenvalue weighted by molar-refractivity contribution is 6.27. The van der Waals surface area contributed by atoms with Crippen molar-refractivity contribution >= 4 is 17.5 Å². The number of hydrogen-bond acceptors (Lipinski definition) is 3. The molecule has 1 amide bonds. The molecule has 0 heterocycles. The van der Waals surface area contributed by atoms with E-state index in [4.69, 9.17) is 21.1 Å². The summed E-state index contributed by atoms with van der Waals surface area (Å²) in [6.07, 6.45) is 0. The van der Waals surface area contributed by atoms with Gasteiger partial charge in [0.25, 0.3) is 0 Å². The quantitative estimate of drug-likeness (QED) is 0.460. The van der Waals surface area contributed by atoms with Gasteiger partial charge in [0.05, 0.1) is 19.8 Å². The Hall–Kier alpha value is -0.320. The molecule has 72 valence electrons.